The molecule has 1 N–H and O–H groups in total. The third-order valence-corrected chi connectivity index (χ3v) is 5.31. The van der Waals surface area contributed by atoms with Gasteiger partial charge < -0.3 is 10.2 Å². The normalized spacial score (nSPS) is 27.6. The van der Waals surface area contributed by atoms with E-state index in [0.717, 1.165) is 24.1 Å². The predicted molar refractivity (Wildman–Crippen MR) is 80.6 cm³/mol. The molecule has 2 amide bonds. The average molecular weight is 307 g/mol. The van der Waals surface area contributed by atoms with Crippen molar-refractivity contribution in [3.8, 4) is 0 Å². The summed E-state index contributed by atoms with van der Waals surface area (Å²) in [7, 11) is 0. The minimum Gasteiger partial charge on any atom is -0.342 e. The zero-order valence-electron chi connectivity index (χ0n) is 12.4. The highest BCUT2D eigenvalue weighted by atomic mass is 32.1. The molecule has 2 heterocycles. The predicted octanol–water partition coefficient (Wildman–Crippen LogP) is 1.79. The topological polar surface area (TPSA) is 62.3 Å². The first-order chi connectivity index (χ1) is 10.1. The van der Waals surface area contributed by atoms with Crippen molar-refractivity contribution in [2.45, 2.75) is 51.7 Å². The fraction of sp³-hybridized carbons (Fsp3) is 0.667. The lowest BCUT2D eigenvalue weighted by Gasteiger charge is -2.40. The molecule has 0 spiro atoms. The molecule has 6 heteroatoms. The van der Waals surface area contributed by atoms with Gasteiger partial charge in [0.2, 0.25) is 11.8 Å². The summed E-state index contributed by atoms with van der Waals surface area (Å²) in [6, 6.07) is -0.676. The summed E-state index contributed by atoms with van der Waals surface area (Å²) in [5, 5.41) is 2.96. The molecule has 0 bridgehead atoms. The number of hydrogen-bond acceptors (Lipinski definition) is 4. The number of carbonyl (C=O) groups is 2. The number of carbonyl (C=O) groups excluding carboxylic acids is 2. The van der Waals surface area contributed by atoms with Crippen LogP contribution in [0.3, 0.4) is 0 Å². The van der Waals surface area contributed by atoms with Crippen LogP contribution in [0.25, 0.3) is 0 Å². The molecule has 1 aromatic heterocycles. The summed E-state index contributed by atoms with van der Waals surface area (Å²) in [6.07, 6.45) is 4.74. The van der Waals surface area contributed by atoms with Crippen molar-refractivity contribution in [2.75, 3.05) is 0 Å². The largest absolute Gasteiger partial charge is 0.342 e. The number of amides is 2. The van der Waals surface area contributed by atoms with Crippen LogP contribution in [0.4, 0.5) is 0 Å². The highest BCUT2D eigenvalue weighted by Crippen LogP contribution is 2.38. The number of piperazine rings is 1. The van der Waals surface area contributed by atoms with Gasteiger partial charge in [0, 0.05) is 11.1 Å². The standard InChI is InChI=1S/C15H21N3O2S/c1-3-9(2)12-15(20)18(7-11-6-16-8-21-11)13(10-4-5-10)14(19)17-12/h6,8-10,12-13H,3-5,7H2,1-2H3,(H,17,19). The van der Waals surface area contributed by atoms with Crippen LogP contribution in [-0.2, 0) is 16.1 Å². The van der Waals surface area contributed by atoms with Crippen LogP contribution in [0.2, 0.25) is 0 Å². The molecule has 114 valence electrons. The third kappa shape index (κ3) is 2.81. The molecule has 1 aliphatic heterocycles. The first-order valence-electron chi connectivity index (χ1n) is 7.60. The van der Waals surface area contributed by atoms with E-state index in [1.165, 1.54) is 11.3 Å². The van der Waals surface area contributed by atoms with E-state index in [9.17, 15) is 9.59 Å². The van der Waals surface area contributed by atoms with Gasteiger partial charge in [-0.05, 0) is 24.7 Å². The van der Waals surface area contributed by atoms with E-state index in [0.29, 0.717) is 12.5 Å². The van der Waals surface area contributed by atoms with Gasteiger partial charge in [0.1, 0.15) is 12.1 Å². The van der Waals surface area contributed by atoms with Gasteiger partial charge in [0.05, 0.1) is 12.1 Å². The van der Waals surface area contributed by atoms with Crippen molar-refractivity contribution in [1.29, 1.82) is 0 Å². The van der Waals surface area contributed by atoms with Crippen molar-refractivity contribution >= 4 is 23.2 Å². The van der Waals surface area contributed by atoms with Gasteiger partial charge in [-0.2, -0.15) is 0 Å². The highest BCUT2D eigenvalue weighted by molar-refractivity contribution is 7.09. The minimum atomic E-state index is -0.384. The Hall–Kier alpha value is -1.43. The maximum atomic E-state index is 12.8. The Labute approximate surface area is 128 Å². The molecular weight excluding hydrogens is 286 g/mol. The Bertz CT molecular complexity index is 527. The van der Waals surface area contributed by atoms with E-state index in [1.807, 2.05) is 13.8 Å². The average Bonchev–Trinajstić information content (AvgIpc) is 3.17. The lowest BCUT2D eigenvalue weighted by molar-refractivity contribution is -0.152. The van der Waals surface area contributed by atoms with E-state index in [-0.39, 0.29) is 29.8 Å². The number of thiazole rings is 1. The molecule has 0 aromatic carbocycles. The van der Waals surface area contributed by atoms with Gasteiger partial charge in [-0.15, -0.1) is 11.3 Å². The van der Waals surface area contributed by atoms with Gasteiger partial charge in [-0.1, -0.05) is 20.3 Å². The Morgan fingerprint density at radius 1 is 1.48 bits per heavy atom. The molecule has 3 rings (SSSR count). The second-order valence-electron chi connectivity index (χ2n) is 6.09. The van der Waals surface area contributed by atoms with Crippen molar-refractivity contribution in [2.24, 2.45) is 11.8 Å². The van der Waals surface area contributed by atoms with Crippen LogP contribution >= 0.6 is 11.3 Å². The van der Waals surface area contributed by atoms with Crippen molar-refractivity contribution in [1.82, 2.24) is 15.2 Å². The van der Waals surface area contributed by atoms with E-state index >= 15 is 0 Å². The van der Waals surface area contributed by atoms with Gasteiger partial charge in [-0.3, -0.25) is 14.6 Å². The zero-order valence-corrected chi connectivity index (χ0v) is 13.2. The van der Waals surface area contributed by atoms with Gasteiger partial charge in [0.25, 0.3) is 0 Å². The molecule has 3 atom stereocenters. The fourth-order valence-electron chi connectivity index (χ4n) is 2.92. The third-order valence-electron chi connectivity index (χ3n) is 4.54. The molecule has 1 aromatic rings. The van der Waals surface area contributed by atoms with Gasteiger partial charge in [-0.25, -0.2) is 0 Å². The van der Waals surface area contributed by atoms with Crippen LogP contribution in [0.5, 0.6) is 0 Å². The first kappa shape index (κ1) is 14.5. The van der Waals surface area contributed by atoms with Crippen molar-refractivity contribution < 1.29 is 9.59 Å². The van der Waals surface area contributed by atoms with Crippen LogP contribution in [0, 0.1) is 11.8 Å². The molecule has 21 heavy (non-hydrogen) atoms. The molecule has 1 saturated carbocycles. The van der Waals surface area contributed by atoms with E-state index < -0.39 is 0 Å². The molecule has 1 aliphatic carbocycles. The lowest BCUT2D eigenvalue weighted by atomic mass is 9.93. The van der Waals surface area contributed by atoms with Crippen LogP contribution < -0.4 is 5.32 Å². The molecular formula is C15H21N3O2S. The zero-order chi connectivity index (χ0) is 15.0. The fourth-order valence-corrected chi connectivity index (χ4v) is 3.52. The van der Waals surface area contributed by atoms with Crippen LogP contribution in [0.1, 0.15) is 38.0 Å². The number of rotatable bonds is 5. The second kappa shape index (κ2) is 5.75. The summed E-state index contributed by atoms with van der Waals surface area (Å²) < 4.78 is 0. The van der Waals surface area contributed by atoms with Crippen molar-refractivity contribution in [3.63, 3.8) is 0 Å². The second-order valence-corrected chi connectivity index (χ2v) is 7.06. The van der Waals surface area contributed by atoms with Gasteiger partial charge >= 0.3 is 0 Å². The number of hydrogen-bond donors (Lipinski definition) is 1. The molecule has 3 unspecified atom stereocenters. The Balaban J connectivity index is 1.85. The molecule has 0 radical (unpaired) electrons. The SMILES string of the molecule is CCC(C)C1NC(=O)C(C2CC2)N(Cc2cncs2)C1=O. The number of nitrogens with one attached hydrogen (secondary N) is 1. The quantitative estimate of drug-likeness (QED) is 0.902. The smallest absolute Gasteiger partial charge is 0.246 e. The van der Waals surface area contributed by atoms with E-state index in [1.54, 1.807) is 16.6 Å². The molecule has 1 saturated heterocycles. The Morgan fingerprint density at radius 2 is 2.24 bits per heavy atom. The van der Waals surface area contributed by atoms with Crippen LogP contribution in [0.15, 0.2) is 11.7 Å². The maximum Gasteiger partial charge on any atom is 0.246 e. The monoisotopic (exact) mass is 307 g/mol. The summed E-state index contributed by atoms with van der Waals surface area (Å²) in [5.74, 6) is 0.575. The van der Waals surface area contributed by atoms with Crippen LogP contribution in [-0.4, -0.2) is 33.8 Å². The Kier molecular flexibility index (Phi) is 3.97. The summed E-state index contributed by atoms with van der Waals surface area (Å²) >= 11 is 1.53. The maximum absolute atomic E-state index is 12.8. The summed E-state index contributed by atoms with van der Waals surface area (Å²) in [4.78, 5) is 32.2. The number of nitrogens with zero attached hydrogens (tertiary/aromatic N) is 2. The minimum absolute atomic E-state index is 0.0203. The van der Waals surface area contributed by atoms with E-state index in [2.05, 4.69) is 10.3 Å². The lowest BCUT2D eigenvalue weighted by Crippen LogP contribution is -2.65. The van der Waals surface area contributed by atoms with Gasteiger partial charge in [0.15, 0.2) is 0 Å². The first-order valence-corrected chi connectivity index (χ1v) is 8.48. The highest BCUT2D eigenvalue weighted by Gasteiger charge is 2.48. The molecule has 2 aliphatic rings. The summed E-state index contributed by atoms with van der Waals surface area (Å²) in [6.45, 7) is 4.57. The van der Waals surface area contributed by atoms with E-state index in [4.69, 9.17) is 0 Å². The molecule has 5 nitrogen and oxygen atoms in total. The summed E-state index contributed by atoms with van der Waals surface area (Å²) in [5.41, 5.74) is 1.77. The van der Waals surface area contributed by atoms with Crippen molar-refractivity contribution in [3.05, 3.63) is 16.6 Å². The Morgan fingerprint density at radius 3 is 2.81 bits per heavy atom. The number of aromatic nitrogens is 1. The molecule has 2 fully saturated rings.